The third-order valence-electron chi connectivity index (χ3n) is 5.39. The van der Waals surface area contributed by atoms with Gasteiger partial charge in [-0.2, -0.15) is 5.10 Å². The van der Waals surface area contributed by atoms with Crippen LogP contribution in [-0.4, -0.2) is 61.8 Å². The number of hydrogen-bond donors (Lipinski definition) is 0. The van der Waals surface area contributed by atoms with E-state index in [-0.39, 0.29) is 11.9 Å². The Kier molecular flexibility index (Phi) is 4.89. The number of aromatic nitrogens is 4. The van der Waals surface area contributed by atoms with Crippen molar-refractivity contribution in [3.63, 3.8) is 0 Å². The molecule has 4 heterocycles. The minimum Gasteiger partial charge on any atom is -0.361 e. The number of carbonyl (C=O) groups excluding carboxylic acids is 1. The number of fused-ring (bicyclic) bond motifs is 1. The minimum absolute atomic E-state index is 0.0312. The summed E-state index contributed by atoms with van der Waals surface area (Å²) >= 11 is 0. The van der Waals surface area contributed by atoms with Gasteiger partial charge in [-0.3, -0.25) is 9.69 Å². The van der Waals surface area contributed by atoms with Crippen LogP contribution in [-0.2, 0) is 6.54 Å². The molecule has 0 saturated carbocycles. The molecule has 1 amide bonds. The molecule has 1 fully saturated rings. The minimum atomic E-state index is 0.0312. The van der Waals surface area contributed by atoms with Crippen molar-refractivity contribution in [1.82, 2.24) is 29.7 Å². The average molecular weight is 382 g/mol. The van der Waals surface area contributed by atoms with Crippen LogP contribution < -0.4 is 0 Å². The van der Waals surface area contributed by atoms with Crippen molar-refractivity contribution in [1.29, 1.82) is 0 Å². The summed E-state index contributed by atoms with van der Waals surface area (Å²) in [6, 6.07) is 2.13. The van der Waals surface area contributed by atoms with Crippen molar-refractivity contribution in [2.75, 3.05) is 26.2 Å². The Morgan fingerprint density at radius 1 is 1.18 bits per heavy atom. The van der Waals surface area contributed by atoms with Gasteiger partial charge in [0.2, 0.25) is 0 Å². The second-order valence-corrected chi connectivity index (χ2v) is 7.69. The van der Waals surface area contributed by atoms with Gasteiger partial charge in [0.05, 0.1) is 17.5 Å². The van der Waals surface area contributed by atoms with Gasteiger partial charge in [-0.25, -0.2) is 9.67 Å². The Balaban J connectivity index is 1.42. The van der Waals surface area contributed by atoms with Crippen molar-refractivity contribution < 1.29 is 9.32 Å². The normalized spacial score (nSPS) is 15.7. The third kappa shape index (κ3) is 3.40. The van der Waals surface area contributed by atoms with Crippen LogP contribution in [0.25, 0.3) is 11.0 Å². The van der Waals surface area contributed by atoms with E-state index in [4.69, 9.17) is 4.52 Å². The van der Waals surface area contributed by atoms with Crippen LogP contribution in [0.4, 0.5) is 0 Å². The highest BCUT2D eigenvalue weighted by atomic mass is 16.5. The summed E-state index contributed by atoms with van der Waals surface area (Å²) in [5.41, 5.74) is 3.53. The number of piperazine rings is 1. The topological polar surface area (TPSA) is 80.3 Å². The van der Waals surface area contributed by atoms with Crippen molar-refractivity contribution >= 4 is 16.9 Å². The zero-order chi connectivity index (χ0) is 19.8. The lowest BCUT2D eigenvalue weighted by molar-refractivity contribution is 0.0627. The summed E-state index contributed by atoms with van der Waals surface area (Å²) in [5.74, 6) is 0.904. The van der Waals surface area contributed by atoms with Gasteiger partial charge in [0.25, 0.3) is 5.91 Å². The number of carbonyl (C=O) groups is 1. The van der Waals surface area contributed by atoms with Crippen molar-refractivity contribution in [3.8, 4) is 0 Å². The largest absolute Gasteiger partial charge is 0.361 e. The molecular formula is C20H26N6O2. The Labute approximate surface area is 164 Å². The quantitative estimate of drug-likeness (QED) is 0.690. The third-order valence-corrected chi connectivity index (χ3v) is 5.39. The molecule has 0 bridgehead atoms. The van der Waals surface area contributed by atoms with Crippen LogP contribution in [0.5, 0.6) is 0 Å². The van der Waals surface area contributed by atoms with E-state index in [1.807, 2.05) is 29.5 Å². The molecule has 8 nitrogen and oxygen atoms in total. The van der Waals surface area contributed by atoms with Crippen molar-refractivity contribution in [3.05, 3.63) is 41.0 Å². The molecular weight excluding hydrogens is 356 g/mol. The van der Waals surface area contributed by atoms with Crippen LogP contribution in [0.2, 0.25) is 0 Å². The summed E-state index contributed by atoms with van der Waals surface area (Å²) < 4.78 is 7.12. The first-order valence-corrected chi connectivity index (χ1v) is 9.70. The monoisotopic (exact) mass is 382 g/mol. The predicted molar refractivity (Wildman–Crippen MR) is 105 cm³/mol. The Morgan fingerprint density at radius 2 is 1.93 bits per heavy atom. The molecule has 8 heteroatoms. The summed E-state index contributed by atoms with van der Waals surface area (Å²) in [7, 11) is 0. The maximum atomic E-state index is 12.9. The van der Waals surface area contributed by atoms with Gasteiger partial charge in [0.15, 0.2) is 5.65 Å². The molecule has 0 aliphatic carbocycles. The molecule has 1 saturated heterocycles. The van der Waals surface area contributed by atoms with E-state index in [9.17, 15) is 4.79 Å². The molecule has 0 N–H and O–H groups in total. The van der Waals surface area contributed by atoms with E-state index in [1.54, 1.807) is 12.4 Å². The molecule has 1 aliphatic heterocycles. The molecule has 28 heavy (non-hydrogen) atoms. The average Bonchev–Trinajstić information content (AvgIpc) is 3.26. The van der Waals surface area contributed by atoms with E-state index >= 15 is 0 Å². The highest BCUT2D eigenvalue weighted by Gasteiger charge is 2.24. The summed E-state index contributed by atoms with van der Waals surface area (Å²) in [4.78, 5) is 21.7. The smallest absolute Gasteiger partial charge is 0.255 e. The van der Waals surface area contributed by atoms with E-state index in [0.717, 1.165) is 47.7 Å². The predicted octanol–water partition coefficient (Wildman–Crippen LogP) is 2.58. The molecule has 0 spiro atoms. The number of aryl methyl sites for hydroxylation is 2. The second-order valence-electron chi connectivity index (χ2n) is 7.69. The fourth-order valence-electron chi connectivity index (χ4n) is 3.68. The van der Waals surface area contributed by atoms with Gasteiger partial charge in [0.1, 0.15) is 5.76 Å². The van der Waals surface area contributed by atoms with Crippen LogP contribution in [0.15, 0.2) is 23.0 Å². The number of hydrogen-bond acceptors (Lipinski definition) is 6. The van der Waals surface area contributed by atoms with E-state index in [0.29, 0.717) is 18.7 Å². The first-order chi connectivity index (χ1) is 13.4. The summed E-state index contributed by atoms with van der Waals surface area (Å²) in [6.07, 6.45) is 3.45. The highest BCUT2D eigenvalue weighted by molar-refractivity contribution is 5.96. The first-order valence-electron chi connectivity index (χ1n) is 9.70. The lowest BCUT2D eigenvalue weighted by Gasteiger charge is -2.34. The maximum absolute atomic E-state index is 12.9. The molecule has 3 aromatic heterocycles. The Bertz CT molecular complexity index is 978. The van der Waals surface area contributed by atoms with Gasteiger partial charge < -0.3 is 9.42 Å². The number of pyridine rings is 1. The molecule has 0 atom stereocenters. The second kappa shape index (κ2) is 7.35. The molecule has 3 aromatic rings. The Morgan fingerprint density at radius 3 is 2.57 bits per heavy atom. The number of amides is 1. The van der Waals surface area contributed by atoms with Crippen molar-refractivity contribution in [2.24, 2.45) is 0 Å². The van der Waals surface area contributed by atoms with E-state index < -0.39 is 0 Å². The van der Waals surface area contributed by atoms with Gasteiger partial charge in [-0.1, -0.05) is 5.16 Å². The van der Waals surface area contributed by atoms with Gasteiger partial charge in [0, 0.05) is 55.9 Å². The molecule has 148 valence electrons. The maximum Gasteiger partial charge on any atom is 0.255 e. The standard InChI is InChI=1S/C20H26N6O2/c1-13(2)26-19-16(11-22-26)9-17(10-21-19)20(27)25-7-5-24(6-8-25)12-18-14(3)23-28-15(18)4/h9-11,13H,5-8,12H2,1-4H3. The lowest BCUT2D eigenvalue weighted by atomic mass is 10.1. The van der Waals surface area contributed by atoms with Crippen LogP contribution in [0, 0.1) is 13.8 Å². The zero-order valence-electron chi connectivity index (χ0n) is 16.8. The number of nitrogens with zero attached hydrogens (tertiary/aromatic N) is 6. The van der Waals surface area contributed by atoms with Gasteiger partial charge in [-0.15, -0.1) is 0 Å². The molecule has 4 rings (SSSR count). The highest BCUT2D eigenvalue weighted by Crippen LogP contribution is 2.19. The van der Waals surface area contributed by atoms with Crippen molar-refractivity contribution in [2.45, 2.75) is 40.3 Å². The molecule has 1 aliphatic rings. The van der Waals surface area contributed by atoms with Gasteiger partial charge >= 0.3 is 0 Å². The molecule has 0 radical (unpaired) electrons. The zero-order valence-corrected chi connectivity index (χ0v) is 16.8. The molecule has 0 unspecified atom stereocenters. The van der Waals surface area contributed by atoms with Crippen LogP contribution in [0.3, 0.4) is 0 Å². The van der Waals surface area contributed by atoms with Gasteiger partial charge in [-0.05, 0) is 33.8 Å². The fraction of sp³-hybridized carbons (Fsp3) is 0.500. The first kappa shape index (κ1) is 18.6. The summed E-state index contributed by atoms with van der Waals surface area (Å²) in [6.45, 7) is 11.9. The van der Waals surface area contributed by atoms with E-state index in [1.165, 1.54) is 0 Å². The number of rotatable bonds is 4. The Hall–Kier alpha value is -2.74. The van der Waals surface area contributed by atoms with Crippen LogP contribution >= 0.6 is 0 Å². The van der Waals surface area contributed by atoms with Crippen LogP contribution in [0.1, 0.15) is 47.3 Å². The fourth-order valence-corrected chi connectivity index (χ4v) is 3.68. The molecule has 0 aromatic carbocycles. The van der Waals surface area contributed by atoms with E-state index in [2.05, 4.69) is 34.0 Å². The summed E-state index contributed by atoms with van der Waals surface area (Å²) in [5, 5.41) is 9.30. The lowest BCUT2D eigenvalue weighted by Crippen LogP contribution is -2.48. The SMILES string of the molecule is Cc1noc(C)c1CN1CCN(C(=O)c2cnc3c(cnn3C(C)C)c2)CC1.